The van der Waals surface area contributed by atoms with Crippen LogP contribution in [0.3, 0.4) is 0 Å². The Balaban J connectivity index is 1.52. The summed E-state index contributed by atoms with van der Waals surface area (Å²) in [6.45, 7) is -0.0136. The van der Waals surface area contributed by atoms with Gasteiger partial charge in [-0.25, -0.2) is 9.97 Å². The predicted molar refractivity (Wildman–Crippen MR) is 94.1 cm³/mol. The standard InChI is InChI=1S/C20H16F3N3O2/c21-20(22,23)13-7-5-12(6-8-13)17-9-14(24-11-25-17)10-26-18(27)15-3-1-2-4-16(15)19(26)28/h1-5,9,11,13H,6-8,10H2. The van der Waals surface area contributed by atoms with Gasteiger partial charge in [-0.3, -0.25) is 14.5 Å². The van der Waals surface area contributed by atoms with Crippen molar-refractivity contribution >= 4 is 17.4 Å². The molecular weight excluding hydrogens is 371 g/mol. The summed E-state index contributed by atoms with van der Waals surface area (Å²) in [5.74, 6) is -2.09. The maximum atomic E-state index is 12.8. The molecular formula is C20H16F3N3O2. The zero-order valence-corrected chi connectivity index (χ0v) is 14.7. The zero-order chi connectivity index (χ0) is 19.9. The summed E-state index contributed by atoms with van der Waals surface area (Å²) in [7, 11) is 0. The summed E-state index contributed by atoms with van der Waals surface area (Å²) in [6.07, 6.45) is -1.10. The number of allylic oxidation sites excluding steroid dienone is 2. The molecule has 2 amide bonds. The number of fused-ring (bicyclic) bond motifs is 1. The van der Waals surface area contributed by atoms with Crippen LogP contribution in [-0.4, -0.2) is 32.9 Å². The van der Waals surface area contributed by atoms with Gasteiger partial charge in [0.25, 0.3) is 11.8 Å². The van der Waals surface area contributed by atoms with Gasteiger partial charge in [-0.2, -0.15) is 13.2 Å². The summed E-state index contributed by atoms with van der Waals surface area (Å²) >= 11 is 0. The third kappa shape index (κ3) is 3.30. The quantitative estimate of drug-likeness (QED) is 0.747. The number of carbonyl (C=O) groups is 2. The monoisotopic (exact) mass is 387 g/mol. The number of imide groups is 1. The average Bonchev–Trinajstić information content (AvgIpc) is 2.93. The van der Waals surface area contributed by atoms with Gasteiger partial charge in [0.15, 0.2) is 0 Å². The molecule has 1 atom stereocenters. The number of carbonyl (C=O) groups excluding carboxylic acids is 2. The van der Waals surface area contributed by atoms with Crippen LogP contribution in [0.25, 0.3) is 5.57 Å². The lowest BCUT2D eigenvalue weighted by molar-refractivity contribution is -0.175. The van der Waals surface area contributed by atoms with Crippen LogP contribution in [0.5, 0.6) is 0 Å². The largest absolute Gasteiger partial charge is 0.392 e. The Morgan fingerprint density at radius 2 is 1.75 bits per heavy atom. The van der Waals surface area contributed by atoms with E-state index in [2.05, 4.69) is 9.97 Å². The molecule has 144 valence electrons. The molecule has 1 aromatic heterocycles. The number of nitrogens with zero attached hydrogens (tertiary/aromatic N) is 3. The highest BCUT2D eigenvalue weighted by Crippen LogP contribution is 2.39. The van der Waals surface area contributed by atoms with Crippen LogP contribution in [0.2, 0.25) is 0 Å². The van der Waals surface area contributed by atoms with Crippen molar-refractivity contribution in [3.05, 3.63) is 65.2 Å². The van der Waals surface area contributed by atoms with Crippen molar-refractivity contribution < 1.29 is 22.8 Å². The van der Waals surface area contributed by atoms with Gasteiger partial charge in [0.05, 0.1) is 35.0 Å². The highest BCUT2D eigenvalue weighted by atomic mass is 19.4. The third-order valence-electron chi connectivity index (χ3n) is 5.12. The van der Waals surface area contributed by atoms with E-state index in [4.69, 9.17) is 0 Å². The number of halogens is 3. The Hall–Kier alpha value is -3.03. The maximum absolute atomic E-state index is 12.8. The highest BCUT2D eigenvalue weighted by Gasteiger charge is 2.40. The van der Waals surface area contributed by atoms with Gasteiger partial charge in [-0.05, 0) is 43.0 Å². The second kappa shape index (κ2) is 6.85. The molecule has 0 saturated carbocycles. The maximum Gasteiger partial charge on any atom is 0.392 e. The van der Waals surface area contributed by atoms with Crippen LogP contribution >= 0.6 is 0 Å². The molecule has 1 aliphatic heterocycles. The fourth-order valence-corrected chi connectivity index (χ4v) is 3.57. The van der Waals surface area contributed by atoms with Gasteiger partial charge in [0.1, 0.15) is 6.33 Å². The van der Waals surface area contributed by atoms with Crippen LogP contribution in [-0.2, 0) is 6.54 Å². The molecule has 0 saturated heterocycles. The Kier molecular flexibility index (Phi) is 4.49. The first kappa shape index (κ1) is 18.3. The Morgan fingerprint density at radius 1 is 1.07 bits per heavy atom. The van der Waals surface area contributed by atoms with Gasteiger partial charge in [-0.15, -0.1) is 0 Å². The molecule has 0 spiro atoms. The molecule has 0 N–H and O–H groups in total. The molecule has 1 unspecified atom stereocenters. The molecule has 2 aromatic rings. The summed E-state index contributed by atoms with van der Waals surface area (Å²) < 4.78 is 38.5. The second-order valence-electron chi connectivity index (χ2n) is 6.88. The molecule has 0 fully saturated rings. The van der Waals surface area contributed by atoms with Crippen molar-refractivity contribution in [2.24, 2.45) is 5.92 Å². The Morgan fingerprint density at radius 3 is 2.32 bits per heavy atom. The third-order valence-corrected chi connectivity index (χ3v) is 5.12. The first-order valence-electron chi connectivity index (χ1n) is 8.87. The second-order valence-corrected chi connectivity index (χ2v) is 6.88. The first-order chi connectivity index (χ1) is 13.3. The van der Waals surface area contributed by atoms with Crippen LogP contribution in [0.15, 0.2) is 42.7 Å². The van der Waals surface area contributed by atoms with Crippen molar-refractivity contribution in [3.63, 3.8) is 0 Å². The minimum Gasteiger partial charge on any atom is -0.269 e. The van der Waals surface area contributed by atoms with E-state index >= 15 is 0 Å². The van der Waals surface area contributed by atoms with Crippen molar-refractivity contribution in [2.75, 3.05) is 0 Å². The van der Waals surface area contributed by atoms with Crippen LogP contribution in [0.1, 0.15) is 51.4 Å². The first-order valence-corrected chi connectivity index (χ1v) is 8.87. The SMILES string of the molecule is O=C1c2ccccc2C(=O)N1Cc1cc(C2=CCC(C(F)(F)F)CC2)ncn1. The van der Waals surface area contributed by atoms with E-state index in [1.165, 1.54) is 6.33 Å². The lowest BCUT2D eigenvalue weighted by Crippen LogP contribution is -2.29. The minimum absolute atomic E-state index is 0.0136. The normalized spacial score (nSPS) is 19.6. The average molecular weight is 387 g/mol. The van der Waals surface area contributed by atoms with E-state index in [0.29, 0.717) is 22.5 Å². The molecule has 2 heterocycles. The number of hydrogen-bond donors (Lipinski definition) is 0. The highest BCUT2D eigenvalue weighted by molar-refractivity contribution is 6.21. The fraction of sp³-hybridized carbons (Fsp3) is 0.300. The van der Waals surface area contributed by atoms with E-state index in [0.717, 1.165) is 10.5 Å². The number of hydrogen-bond acceptors (Lipinski definition) is 4. The molecule has 4 rings (SSSR count). The predicted octanol–water partition coefficient (Wildman–Crippen LogP) is 4.02. The number of alkyl halides is 3. The van der Waals surface area contributed by atoms with E-state index < -0.39 is 12.1 Å². The van der Waals surface area contributed by atoms with E-state index in [1.807, 2.05) is 0 Å². The topological polar surface area (TPSA) is 63.2 Å². The molecule has 5 nitrogen and oxygen atoms in total. The number of amides is 2. The fourth-order valence-electron chi connectivity index (χ4n) is 3.57. The lowest BCUT2D eigenvalue weighted by atomic mass is 9.88. The Labute approximate surface area is 158 Å². The number of benzene rings is 1. The molecule has 2 aliphatic rings. The van der Waals surface area contributed by atoms with Gasteiger partial charge in [0.2, 0.25) is 0 Å². The van der Waals surface area contributed by atoms with E-state index in [1.54, 1.807) is 36.4 Å². The van der Waals surface area contributed by atoms with Crippen molar-refractivity contribution in [1.82, 2.24) is 14.9 Å². The molecule has 0 bridgehead atoms. The van der Waals surface area contributed by atoms with Gasteiger partial charge in [-0.1, -0.05) is 18.2 Å². The smallest absolute Gasteiger partial charge is 0.269 e. The van der Waals surface area contributed by atoms with Crippen molar-refractivity contribution in [2.45, 2.75) is 32.0 Å². The lowest BCUT2D eigenvalue weighted by Gasteiger charge is -2.24. The van der Waals surface area contributed by atoms with Crippen molar-refractivity contribution in [1.29, 1.82) is 0 Å². The van der Waals surface area contributed by atoms with Gasteiger partial charge in [0, 0.05) is 0 Å². The molecule has 8 heteroatoms. The summed E-state index contributed by atoms with van der Waals surface area (Å²) in [6, 6.07) is 8.22. The summed E-state index contributed by atoms with van der Waals surface area (Å²) in [5.41, 5.74) is 2.43. The number of aromatic nitrogens is 2. The van der Waals surface area contributed by atoms with Gasteiger partial charge >= 0.3 is 6.18 Å². The van der Waals surface area contributed by atoms with Gasteiger partial charge < -0.3 is 0 Å². The molecule has 1 aromatic carbocycles. The zero-order valence-electron chi connectivity index (χ0n) is 14.7. The molecule has 1 aliphatic carbocycles. The van der Waals surface area contributed by atoms with Crippen LogP contribution < -0.4 is 0 Å². The van der Waals surface area contributed by atoms with Crippen LogP contribution in [0, 0.1) is 5.92 Å². The summed E-state index contributed by atoms with van der Waals surface area (Å²) in [5, 5.41) is 0. The molecule has 28 heavy (non-hydrogen) atoms. The summed E-state index contributed by atoms with van der Waals surface area (Å²) in [4.78, 5) is 34.3. The number of rotatable bonds is 3. The molecule has 0 radical (unpaired) electrons. The minimum atomic E-state index is -4.19. The van der Waals surface area contributed by atoms with E-state index in [-0.39, 0.29) is 37.6 Å². The van der Waals surface area contributed by atoms with Crippen LogP contribution in [0.4, 0.5) is 13.2 Å². The van der Waals surface area contributed by atoms with E-state index in [9.17, 15) is 22.8 Å². The van der Waals surface area contributed by atoms with Crippen molar-refractivity contribution in [3.8, 4) is 0 Å². The Bertz CT molecular complexity index is 950.